The minimum Gasteiger partial charge on any atom is -0.494 e. The summed E-state index contributed by atoms with van der Waals surface area (Å²) >= 11 is 2.98. The molecule has 0 aliphatic rings. The van der Waals surface area contributed by atoms with Gasteiger partial charge >= 0.3 is 0 Å². The zero-order valence-electron chi connectivity index (χ0n) is 8.18. The van der Waals surface area contributed by atoms with Crippen molar-refractivity contribution in [2.75, 3.05) is 7.11 Å². The van der Waals surface area contributed by atoms with Crippen molar-refractivity contribution >= 4 is 21.7 Å². The average molecular weight is 279 g/mol. The van der Waals surface area contributed by atoms with Gasteiger partial charge < -0.3 is 4.74 Å². The fourth-order valence-corrected chi connectivity index (χ4v) is 1.46. The SMILES string of the molecule is COc1cc(F)c(C(Br)C(C)=O)cc1F. The molecule has 0 saturated carbocycles. The molecular weight excluding hydrogens is 270 g/mol. The van der Waals surface area contributed by atoms with Crippen molar-refractivity contribution < 1.29 is 18.3 Å². The maximum atomic E-state index is 13.4. The molecule has 0 heterocycles. The van der Waals surface area contributed by atoms with Crippen molar-refractivity contribution in [3.63, 3.8) is 0 Å². The number of ketones is 1. The molecule has 1 aromatic carbocycles. The molecule has 0 aromatic heterocycles. The number of hydrogen-bond acceptors (Lipinski definition) is 2. The van der Waals surface area contributed by atoms with E-state index in [0.29, 0.717) is 0 Å². The number of carbonyl (C=O) groups is 1. The Morgan fingerprint density at radius 2 is 2.00 bits per heavy atom. The van der Waals surface area contributed by atoms with E-state index in [-0.39, 0.29) is 17.1 Å². The van der Waals surface area contributed by atoms with Crippen molar-refractivity contribution in [2.24, 2.45) is 0 Å². The van der Waals surface area contributed by atoms with Gasteiger partial charge in [-0.3, -0.25) is 4.79 Å². The van der Waals surface area contributed by atoms with Crippen molar-refractivity contribution in [3.8, 4) is 5.75 Å². The van der Waals surface area contributed by atoms with Gasteiger partial charge in [0.25, 0.3) is 0 Å². The Balaban J connectivity index is 3.21. The normalized spacial score (nSPS) is 12.3. The third-order valence-electron chi connectivity index (χ3n) is 1.90. The molecule has 0 N–H and O–H groups in total. The van der Waals surface area contributed by atoms with Crippen LogP contribution in [0.1, 0.15) is 17.3 Å². The van der Waals surface area contributed by atoms with Gasteiger partial charge in [0.2, 0.25) is 0 Å². The van der Waals surface area contributed by atoms with Gasteiger partial charge in [0.15, 0.2) is 11.6 Å². The quantitative estimate of drug-likeness (QED) is 0.795. The van der Waals surface area contributed by atoms with E-state index in [0.717, 1.165) is 12.1 Å². The maximum Gasteiger partial charge on any atom is 0.165 e. The van der Waals surface area contributed by atoms with E-state index in [9.17, 15) is 13.6 Å². The fourth-order valence-electron chi connectivity index (χ4n) is 1.11. The number of Topliss-reactive ketones (excluding diaryl/α,β-unsaturated/α-hetero) is 1. The van der Waals surface area contributed by atoms with Gasteiger partial charge in [0, 0.05) is 11.6 Å². The molecule has 0 amide bonds. The third kappa shape index (κ3) is 2.53. The van der Waals surface area contributed by atoms with Crippen LogP contribution < -0.4 is 4.74 Å². The summed E-state index contributed by atoms with van der Waals surface area (Å²) in [6, 6.07) is 1.87. The van der Waals surface area contributed by atoms with Crippen LogP contribution in [0.25, 0.3) is 0 Å². The molecule has 0 spiro atoms. The lowest BCUT2D eigenvalue weighted by Gasteiger charge is -2.10. The number of ether oxygens (including phenoxy) is 1. The summed E-state index contributed by atoms with van der Waals surface area (Å²) in [7, 11) is 1.24. The topological polar surface area (TPSA) is 26.3 Å². The molecule has 5 heteroatoms. The van der Waals surface area contributed by atoms with Crippen LogP contribution in [0.15, 0.2) is 12.1 Å². The van der Waals surface area contributed by atoms with Crippen LogP contribution in [-0.2, 0) is 4.79 Å². The molecule has 1 rings (SSSR count). The highest BCUT2D eigenvalue weighted by molar-refractivity contribution is 9.09. The first-order chi connectivity index (χ1) is 6.97. The van der Waals surface area contributed by atoms with Crippen LogP contribution in [-0.4, -0.2) is 12.9 Å². The Hall–Kier alpha value is -0.970. The minimum atomic E-state index is -0.835. The Morgan fingerprint density at radius 3 is 2.47 bits per heavy atom. The van der Waals surface area contributed by atoms with Gasteiger partial charge in [-0.2, -0.15) is 0 Å². The highest BCUT2D eigenvalue weighted by atomic mass is 79.9. The summed E-state index contributed by atoms with van der Waals surface area (Å²) in [5.74, 6) is -1.84. The summed E-state index contributed by atoms with van der Waals surface area (Å²) in [5.41, 5.74) is -0.0270. The Labute approximate surface area is 94.4 Å². The van der Waals surface area contributed by atoms with Crippen LogP contribution in [0.3, 0.4) is 0 Å². The first-order valence-corrected chi connectivity index (χ1v) is 5.06. The fraction of sp³-hybridized carbons (Fsp3) is 0.300. The molecule has 0 fully saturated rings. The van der Waals surface area contributed by atoms with Crippen molar-refractivity contribution in [1.82, 2.24) is 0 Å². The van der Waals surface area contributed by atoms with Gasteiger partial charge in [0.05, 0.1) is 7.11 Å². The molecule has 15 heavy (non-hydrogen) atoms. The Kier molecular flexibility index (Phi) is 3.79. The molecule has 1 atom stereocenters. The van der Waals surface area contributed by atoms with E-state index in [1.165, 1.54) is 14.0 Å². The average Bonchev–Trinajstić information content (AvgIpc) is 2.19. The number of rotatable bonds is 3. The first kappa shape index (κ1) is 12.1. The predicted octanol–water partition coefficient (Wildman–Crippen LogP) is 3.00. The summed E-state index contributed by atoms with van der Waals surface area (Å²) in [4.78, 5) is 10.2. The van der Waals surface area contributed by atoms with E-state index in [1.807, 2.05) is 0 Å². The van der Waals surface area contributed by atoms with Crippen LogP contribution in [0.2, 0.25) is 0 Å². The first-order valence-electron chi connectivity index (χ1n) is 4.14. The van der Waals surface area contributed by atoms with Crippen LogP contribution in [0.5, 0.6) is 5.75 Å². The molecule has 82 valence electrons. The predicted molar refractivity (Wildman–Crippen MR) is 55.3 cm³/mol. The second-order valence-corrected chi connectivity index (χ2v) is 3.90. The van der Waals surface area contributed by atoms with Gasteiger partial charge in [-0.1, -0.05) is 15.9 Å². The van der Waals surface area contributed by atoms with Gasteiger partial charge in [0.1, 0.15) is 16.4 Å². The van der Waals surface area contributed by atoms with Crippen molar-refractivity contribution in [3.05, 3.63) is 29.3 Å². The molecule has 0 aliphatic carbocycles. The second-order valence-electron chi connectivity index (χ2n) is 2.98. The number of carbonyl (C=O) groups excluding carboxylic acids is 1. The zero-order valence-corrected chi connectivity index (χ0v) is 9.77. The summed E-state index contributed by atoms with van der Waals surface area (Å²) in [6.07, 6.45) is 0. The number of alkyl halides is 1. The second kappa shape index (κ2) is 4.70. The lowest BCUT2D eigenvalue weighted by molar-refractivity contribution is -0.116. The Morgan fingerprint density at radius 1 is 1.40 bits per heavy atom. The molecule has 2 nitrogen and oxygen atoms in total. The maximum absolute atomic E-state index is 13.4. The summed E-state index contributed by atoms with van der Waals surface area (Å²) in [6.45, 7) is 1.29. The number of halogens is 3. The smallest absolute Gasteiger partial charge is 0.165 e. The lowest BCUT2D eigenvalue weighted by atomic mass is 10.1. The number of hydrogen-bond donors (Lipinski definition) is 0. The lowest BCUT2D eigenvalue weighted by Crippen LogP contribution is -2.05. The summed E-state index contributed by atoms with van der Waals surface area (Å²) < 4.78 is 31.2. The number of methoxy groups -OCH3 is 1. The van der Waals surface area contributed by atoms with Gasteiger partial charge in [-0.25, -0.2) is 8.78 Å². The molecular formula is C10H9BrF2O2. The highest BCUT2D eigenvalue weighted by Gasteiger charge is 2.19. The largest absolute Gasteiger partial charge is 0.494 e. The van der Waals surface area contributed by atoms with Crippen molar-refractivity contribution in [2.45, 2.75) is 11.8 Å². The molecule has 0 saturated heterocycles. The highest BCUT2D eigenvalue weighted by Crippen LogP contribution is 2.30. The van der Waals surface area contributed by atoms with E-state index >= 15 is 0 Å². The van der Waals surface area contributed by atoms with Crippen LogP contribution in [0.4, 0.5) is 8.78 Å². The van der Waals surface area contributed by atoms with E-state index in [1.54, 1.807) is 0 Å². The van der Waals surface area contributed by atoms with Crippen LogP contribution >= 0.6 is 15.9 Å². The van der Waals surface area contributed by atoms with Crippen molar-refractivity contribution in [1.29, 1.82) is 0 Å². The summed E-state index contributed by atoms with van der Waals surface area (Å²) in [5, 5.41) is 0. The molecule has 0 bridgehead atoms. The molecule has 1 unspecified atom stereocenters. The van der Waals surface area contributed by atoms with Crippen LogP contribution in [0, 0.1) is 11.6 Å². The van der Waals surface area contributed by atoms with E-state index in [4.69, 9.17) is 0 Å². The third-order valence-corrected chi connectivity index (χ3v) is 3.04. The van der Waals surface area contributed by atoms with Gasteiger partial charge in [-0.05, 0) is 13.0 Å². The minimum absolute atomic E-state index is 0.0270. The molecule has 1 aromatic rings. The number of benzene rings is 1. The Bertz CT molecular complexity index is 393. The van der Waals surface area contributed by atoms with E-state index in [2.05, 4.69) is 20.7 Å². The zero-order chi connectivity index (χ0) is 11.6. The standard InChI is InChI=1S/C10H9BrF2O2/c1-5(14)10(11)6-3-8(13)9(15-2)4-7(6)12/h3-4,10H,1-2H3. The van der Waals surface area contributed by atoms with E-state index < -0.39 is 16.5 Å². The molecule has 0 radical (unpaired) electrons. The molecule has 0 aliphatic heterocycles. The monoisotopic (exact) mass is 278 g/mol. The van der Waals surface area contributed by atoms with Gasteiger partial charge in [-0.15, -0.1) is 0 Å².